The van der Waals surface area contributed by atoms with E-state index in [2.05, 4.69) is 10.6 Å². The Kier molecular flexibility index (Phi) is 6.53. The highest BCUT2D eigenvalue weighted by Gasteiger charge is 2.21. The minimum absolute atomic E-state index is 0.0379. The molecule has 0 atom stereocenters. The van der Waals surface area contributed by atoms with Crippen LogP contribution in [0.5, 0.6) is 0 Å². The number of rotatable bonds is 6. The smallest absolute Gasteiger partial charge is 0.294 e. The first-order valence-corrected chi connectivity index (χ1v) is 10.5. The molecule has 0 spiro atoms. The van der Waals surface area contributed by atoms with Crippen LogP contribution < -0.4 is 15.5 Å². The summed E-state index contributed by atoms with van der Waals surface area (Å²) in [6.07, 6.45) is 2.84. The summed E-state index contributed by atoms with van der Waals surface area (Å²) < 4.78 is 5.73. The molecular formula is C23H21ClN4O4. The Bertz CT molecular complexity index is 1170. The first-order valence-electron chi connectivity index (χ1n) is 10.1. The van der Waals surface area contributed by atoms with Gasteiger partial charge < -0.3 is 20.0 Å². The van der Waals surface area contributed by atoms with E-state index in [1.54, 1.807) is 30.3 Å². The van der Waals surface area contributed by atoms with Crippen molar-refractivity contribution >= 4 is 40.6 Å². The molecule has 3 aromatic rings. The van der Waals surface area contributed by atoms with E-state index >= 15 is 0 Å². The number of carbonyl (C=O) groups is 1. The van der Waals surface area contributed by atoms with Crippen molar-refractivity contribution in [2.24, 2.45) is 0 Å². The molecule has 1 aromatic heterocycles. The number of nitro benzene ring substituents is 1. The highest BCUT2D eigenvalue weighted by atomic mass is 35.5. The molecule has 0 saturated carbocycles. The lowest BCUT2D eigenvalue weighted by Gasteiger charge is -2.29. The van der Waals surface area contributed by atoms with E-state index in [1.165, 1.54) is 18.2 Å². The van der Waals surface area contributed by atoms with E-state index < -0.39 is 10.8 Å². The van der Waals surface area contributed by atoms with Gasteiger partial charge in [0.25, 0.3) is 5.69 Å². The van der Waals surface area contributed by atoms with Gasteiger partial charge in [-0.3, -0.25) is 14.9 Å². The van der Waals surface area contributed by atoms with Crippen molar-refractivity contribution in [2.45, 2.75) is 0 Å². The predicted octanol–water partition coefficient (Wildman–Crippen LogP) is 4.57. The average Bonchev–Trinajstić information content (AvgIpc) is 3.27. The van der Waals surface area contributed by atoms with Crippen LogP contribution in [0.25, 0.3) is 17.4 Å². The molecule has 2 heterocycles. The molecule has 2 aromatic carbocycles. The van der Waals surface area contributed by atoms with E-state index in [0.29, 0.717) is 41.0 Å². The van der Waals surface area contributed by atoms with Gasteiger partial charge in [-0.1, -0.05) is 23.7 Å². The van der Waals surface area contributed by atoms with Gasteiger partial charge in [-0.15, -0.1) is 0 Å². The number of hydrogen-bond acceptors (Lipinski definition) is 6. The summed E-state index contributed by atoms with van der Waals surface area (Å²) in [5, 5.41) is 18.0. The van der Waals surface area contributed by atoms with Crippen molar-refractivity contribution in [3.8, 4) is 11.3 Å². The summed E-state index contributed by atoms with van der Waals surface area (Å²) in [6.45, 7) is 2.92. The molecule has 32 heavy (non-hydrogen) atoms. The van der Waals surface area contributed by atoms with Crippen LogP contribution in [0, 0.1) is 10.1 Å². The molecule has 8 nitrogen and oxygen atoms in total. The van der Waals surface area contributed by atoms with Gasteiger partial charge in [0.05, 0.1) is 9.95 Å². The highest BCUT2D eigenvalue weighted by molar-refractivity contribution is 6.33. The second-order valence-electron chi connectivity index (χ2n) is 7.20. The lowest BCUT2D eigenvalue weighted by atomic mass is 10.2. The number of halogens is 1. The predicted molar refractivity (Wildman–Crippen MR) is 125 cm³/mol. The summed E-state index contributed by atoms with van der Waals surface area (Å²) in [5.41, 5.74) is 1.62. The van der Waals surface area contributed by atoms with Crippen LogP contribution in [0.3, 0.4) is 0 Å². The Morgan fingerprint density at radius 2 is 1.94 bits per heavy atom. The monoisotopic (exact) mass is 452 g/mol. The Morgan fingerprint density at radius 1 is 1.16 bits per heavy atom. The maximum Gasteiger partial charge on any atom is 0.294 e. The van der Waals surface area contributed by atoms with Crippen molar-refractivity contribution in [3.05, 3.63) is 81.6 Å². The fraction of sp³-hybridized carbons (Fsp3) is 0.174. The molecular weight excluding hydrogens is 432 g/mol. The zero-order chi connectivity index (χ0) is 22.5. The van der Waals surface area contributed by atoms with Crippen molar-refractivity contribution in [1.29, 1.82) is 0 Å². The van der Waals surface area contributed by atoms with E-state index in [1.807, 2.05) is 23.1 Å². The molecule has 1 amide bonds. The van der Waals surface area contributed by atoms with Crippen LogP contribution >= 0.6 is 11.6 Å². The average molecular weight is 453 g/mol. The van der Waals surface area contributed by atoms with E-state index in [0.717, 1.165) is 18.7 Å². The second-order valence-corrected chi connectivity index (χ2v) is 7.61. The molecule has 0 radical (unpaired) electrons. The number of nitro groups is 1. The Balaban J connectivity index is 1.45. The summed E-state index contributed by atoms with van der Waals surface area (Å²) in [7, 11) is 0. The summed E-state index contributed by atoms with van der Waals surface area (Å²) in [4.78, 5) is 25.4. The second kappa shape index (κ2) is 9.67. The fourth-order valence-electron chi connectivity index (χ4n) is 3.51. The molecule has 1 fully saturated rings. The van der Waals surface area contributed by atoms with Gasteiger partial charge in [0.1, 0.15) is 17.2 Å². The number of amides is 1. The van der Waals surface area contributed by atoms with Crippen molar-refractivity contribution < 1.29 is 14.1 Å². The standard InChI is InChI=1S/C23H21ClN4O4/c24-19-4-2-1-3-18(19)22-9-6-17(32-22)7-10-23(29)26-16-5-8-20(21(15-16)28(30)31)27-13-11-25-12-14-27/h1-10,15,25H,11-14H2,(H,26,29)/b10-7+. The number of hydrogen-bond donors (Lipinski definition) is 2. The van der Waals surface area contributed by atoms with Gasteiger partial charge in [-0.25, -0.2) is 0 Å². The van der Waals surface area contributed by atoms with E-state index in [4.69, 9.17) is 16.0 Å². The largest absolute Gasteiger partial charge is 0.457 e. The lowest BCUT2D eigenvalue weighted by molar-refractivity contribution is -0.384. The minimum atomic E-state index is -0.429. The summed E-state index contributed by atoms with van der Waals surface area (Å²) in [6, 6.07) is 15.5. The molecule has 0 bridgehead atoms. The van der Waals surface area contributed by atoms with Crippen LogP contribution in [-0.2, 0) is 4.79 Å². The van der Waals surface area contributed by atoms with E-state index in [-0.39, 0.29) is 5.69 Å². The maximum atomic E-state index is 12.3. The zero-order valence-corrected chi connectivity index (χ0v) is 17.8. The number of piperazine rings is 1. The third-order valence-electron chi connectivity index (χ3n) is 5.06. The molecule has 1 aliphatic rings. The number of nitrogens with zero attached hydrogens (tertiary/aromatic N) is 2. The van der Waals surface area contributed by atoms with Crippen LogP contribution in [0.2, 0.25) is 5.02 Å². The normalized spacial score (nSPS) is 14.0. The Hall–Kier alpha value is -3.62. The molecule has 2 N–H and O–H groups in total. The topological polar surface area (TPSA) is 101 Å². The third kappa shape index (κ3) is 4.99. The van der Waals surface area contributed by atoms with Gasteiger partial charge in [0, 0.05) is 49.6 Å². The number of anilines is 2. The number of furan rings is 1. The minimum Gasteiger partial charge on any atom is -0.457 e. The van der Waals surface area contributed by atoms with Gasteiger partial charge in [-0.2, -0.15) is 0 Å². The molecule has 0 aliphatic carbocycles. The fourth-order valence-corrected chi connectivity index (χ4v) is 3.74. The molecule has 1 aliphatic heterocycles. The lowest BCUT2D eigenvalue weighted by Crippen LogP contribution is -2.43. The van der Waals surface area contributed by atoms with Crippen LogP contribution in [0.1, 0.15) is 5.76 Å². The first-order chi connectivity index (χ1) is 15.5. The van der Waals surface area contributed by atoms with Crippen LogP contribution in [0.15, 0.2) is 65.1 Å². The number of nitrogens with one attached hydrogen (secondary N) is 2. The molecule has 0 unspecified atom stereocenters. The molecule has 9 heteroatoms. The van der Waals surface area contributed by atoms with Gasteiger partial charge >= 0.3 is 0 Å². The highest BCUT2D eigenvalue weighted by Crippen LogP contribution is 2.32. The molecule has 4 rings (SSSR count). The number of benzene rings is 2. The molecule has 164 valence electrons. The Morgan fingerprint density at radius 3 is 2.69 bits per heavy atom. The maximum absolute atomic E-state index is 12.3. The van der Waals surface area contributed by atoms with Gasteiger partial charge in [0.2, 0.25) is 5.91 Å². The van der Waals surface area contributed by atoms with Gasteiger partial charge in [-0.05, 0) is 42.5 Å². The Labute approximate surface area is 189 Å². The van der Waals surface area contributed by atoms with Crippen LogP contribution in [-0.4, -0.2) is 37.0 Å². The van der Waals surface area contributed by atoms with E-state index in [9.17, 15) is 14.9 Å². The third-order valence-corrected chi connectivity index (χ3v) is 5.39. The molecule has 1 saturated heterocycles. The van der Waals surface area contributed by atoms with Crippen LogP contribution in [0.4, 0.5) is 17.1 Å². The summed E-state index contributed by atoms with van der Waals surface area (Å²) >= 11 is 6.19. The van der Waals surface area contributed by atoms with Crippen molar-refractivity contribution in [1.82, 2.24) is 5.32 Å². The van der Waals surface area contributed by atoms with Crippen molar-refractivity contribution in [2.75, 3.05) is 36.4 Å². The van der Waals surface area contributed by atoms with Gasteiger partial charge in [0.15, 0.2) is 0 Å². The van der Waals surface area contributed by atoms with Crippen molar-refractivity contribution in [3.63, 3.8) is 0 Å². The number of carbonyl (C=O) groups excluding carboxylic acids is 1. The quantitative estimate of drug-likeness (QED) is 0.323. The first kappa shape index (κ1) is 21.6. The SMILES string of the molecule is O=C(/C=C/c1ccc(-c2ccccc2Cl)o1)Nc1ccc(N2CCNCC2)c([N+](=O)[O-])c1. The zero-order valence-electron chi connectivity index (χ0n) is 17.1. The summed E-state index contributed by atoms with van der Waals surface area (Å²) in [5.74, 6) is 0.648.